The number of pyridine rings is 1. The van der Waals surface area contributed by atoms with Crippen LogP contribution in [0.3, 0.4) is 0 Å². The number of fused-ring (bicyclic) bond motifs is 1. The maximum Gasteiger partial charge on any atom is 0.268 e. The van der Waals surface area contributed by atoms with Crippen LogP contribution in [-0.4, -0.2) is 12.4 Å². The minimum atomic E-state index is -3.98. The van der Waals surface area contributed by atoms with Crippen LogP contribution in [0.25, 0.3) is 22.2 Å². The Labute approximate surface area is 167 Å². The van der Waals surface area contributed by atoms with Crippen molar-refractivity contribution in [2.24, 2.45) is 0 Å². The molecular formula is C22H16ClNO3S. The number of aromatic nitrogens is 1. The monoisotopic (exact) mass is 409 g/mol. The molecule has 3 aromatic carbocycles. The summed E-state index contributed by atoms with van der Waals surface area (Å²) in [5.74, 6) is 0. The van der Waals surface area contributed by atoms with Crippen molar-refractivity contribution in [3.05, 3.63) is 99.7 Å². The Kier molecular flexibility index (Phi) is 4.57. The van der Waals surface area contributed by atoms with Crippen molar-refractivity contribution >= 4 is 32.5 Å². The molecule has 0 amide bonds. The maximum atomic E-state index is 13.6. The standard InChI is InChI=1S/C22H16ClNO3S/c1-15-7-10-18(11-8-15)28(26,27)24-20(16-5-3-2-4-6-16)14-22(25)19-12-9-17(23)13-21(19)24/h2-14H,1H3. The Hall–Kier alpha value is -2.89. The lowest BCUT2D eigenvalue weighted by Gasteiger charge is -2.18. The van der Waals surface area contributed by atoms with E-state index in [1.165, 1.54) is 16.1 Å². The molecule has 28 heavy (non-hydrogen) atoms. The van der Waals surface area contributed by atoms with E-state index in [1.807, 2.05) is 13.0 Å². The molecule has 0 N–H and O–H groups in total. The number of rotatable bonds is 3. The Balaban J connectivity index is 2.16. The van der Waals surface area contributed by atoms with Crippen molar-refractivity contribution in [2.45, 2.75) is 11.8 Å². The fourth-order valence-electron chi connectivity index (χ4n) is 3.16. The van der Waals surface area contributed by atoms with E-state index in [1.54, 1.807) is 60.7 Å². The number of hydrogen-bond donors (Lipinski definition) is 0. The van der Waals surface area contributed by atoms with Gasteiger partial charge in [-0.25, -0.2) is 12.4 Å². The number of aryl methyl sites for hydroxylation is 1. The molecule has 0 radical (unpaired) electrons. The molecule has 0 atom stereocenters. The highest BCUT2D eigenvalue weighted by molar-refractivity contribution is 7.90. The van der Waals surface area contributed by atoms with Crippen LogP contribution in [-0.2, 0) is 10.0 Å². The first kappa shape index (κ1) is 18.5. The van der Waals surface area contributed by atoms with Crippen LogP contribution in [0.2, 0.25) is 5.02 Å². The summed E-state index contributed by atoms with van der Waals surface area (Å²) in [6.07, 6.45) is 0. The van der Waals surface area contributed by atoms with Gasteiger partial charge in [0, 0.05) is 16.5 Å². The normalized spacial score (nSPS) is 11.6. The van der Waals surface area contributed by atoms with Crippen LogP contribution in [0.1, 0.15) is 5.56 Å². The van der Waals surface area contributed by atoms with Crippen LogP contribution in [0.4, 0.5) is 0 Å². The van der Waals surface area contributed by atoms with Crippen molar-refractivity contribution in [3.63, 3.8) is 0 Å². The zero-order valence-corrected chi connectivity index (χ0v) is 16.5. The molecule has 4 rings (SSSR count). The maximum absolute atomic E-state index is 13.6. The topological polar surface area (TPSA) is 56.1 Å². The third-order valence-electron chi connectivity index (χ3n) is 4.56. The second-order valence-corrected chi connectivity index (χ2v) is 8.73. The molecule has 0 saturated heterocycles. The Bertz CT molecular complexity index is 1340. The molecule has 0 spiro atoms. The highest BCUT2D eigenvalue weighted by Crippen LogP contribution is 2.29. The van der Waals surface area contributed by atoms with E-state index >= 15 is 0 Å². The van der Waals surface area contributed by atoms with E-state index in [9.17, 15) is 13.2 Å². The van der Waals surface area contributed by atoms with E-state index in [4.69, 9.17) is 11.6 Å². The van der Waals surface area contributed by atoms with Gasteiger partial charge in [0.1, 0.15) is 0 Å². The molecular weight excluding hydrogens is 394 g/mol. The van der Waals surface area contributed by atoms with Gasteiger partial charge in [-0.1, -0.05) is 59.6 Å². The fraction of sp³-hybridized carbons (Fsp3) is 0.0455. The van der Waals surface area contributed by atoms with E-state index in [2.05, 4.69) is 0 Å². The lowest BCUT2D eigenvalue weighted by atomic mass is 10.1. The van der Waals surface area contributed by atoms with Gasteiger partial charge in [0.2, 0.25) is 0 Å². The summed E-state index contributed by atoms with van der Waals surface area (Å²) < 4.78 is 28.4. The van der Waals surface area contributed by atoms with E-state index in [0.717, 1.165) is 5.56 Å². The second kappa shape index (κ2) is 6.93. The minimum Gasteiger partial charge on any atom is -0.289 e. The summed E-state index contributed by atoms with van der Waals surface area (Å²) in [6, 6.07) is 21.6. The van der Waals surface area contributed by atoms with Crippen molar-refractivity contribution in [1.82, 2.24) is 3.97 Å². The van der Waals surface area contributed by atoms with Crippen molar-refractivity contribution in [3.8, 4) is 11.3 Å². The van der Waals surface area contributed by atoms with Crippen LogP contribution in [0, 0.1) is 6.92 Å². The van der Waals surface area contributed by atoms with Gasteiger partial charge in [-0.2, -0.15) is 0 Å². The molecule has 0 unspecified atom stereocenters. The smallest absolute Gasteiger partial charge is 0.268 e. The van der Waals surface area contributed by atoms with Crippen molar-refractivity contribution in [1.29, 1.82) is 0 Å². The van der Waals surface area contributed by atoms with Gasteiger partial charge in [0.05, 0.1) is 16.1 Å². The summed E-state index contributed by atoms with van der Waals surface area (Å²) >= 11 is 6.15. The molecule has 0 bridgehead atoms. The highest BCUT2D eigenvalue weighted by atomic mass is 35.5. The molecule has 0 aliphatic rings. The third kappa shape index (κ3) is 3.13. The molecule has 4 aromatic rings. The third-order valence-corrected chi connectivity index (χ3v) is 6.54. The molecule has 6 heteroatoms. The number of benzene rings is 3. The Morgan fingerprint density at radius 3 is 2.21 bits per heavy atom. The van der Waals surface area contributed by atoms with Gasteiger partial charge >= 0.3 is 0 Å². The predicted molar refractivity (Wildman–Crippen MR) is 112 cm³/mol. The minimum absolute atomic E-state index is 0.139. The Morgan fingerprint density at radius 1 is 0.857 bits per heavy atom. The van der Waals surface area contributed by atoms with Crippen LogP contribution < -0.4 is 5.43 Å². The first-order valence-corrected chi connectivity index (χ1v) is 10.4. The Morgan fingerprint density at radius 2 is 1.54 bits per heavy atom. The van der Waals surface area contributed by atoms with Crippen molar-refractivity contribution in [2.75, 3.05) is 0 Å². The highest BCUT2D eigenvalue weighted by Gasteiger charge is 2.23. The average Bonchev–Trinajstić information content (AvgIpc) is 2.68. The lowest BCUT2D eigenvalue weighted by Crippen LogP contribution is -2.20. The lowest BCUT2D eigenvalue weighted by molar-refractivity contribution is 0.589. The van der Waals surface area contributed by atoms with Crippen LogP contribution in [0.15, 0.2) is 88.6 Å². The average molecular weight is 410 g/mol. The van der Waals surface area contributed by atoms with E-state index < -0.39 is 10.0 Å². The predicted octanol–water partition coefficient (Wildman–Crippen LogP) is 4.87. The van der Waals surface area contributed by atoms with Crippen LogP contribution in [0.5, 0.6) is 0 Å². The molecule has 4 nitrogen and oxygen atoms in total. The molecule has 0 aliphatic carbocycles. The second-order valence-electron chi connectivity index (χ2n) is 6.50. The summed E-state index contributed by atoms with van der Waals surface area (Å²) in [5, 5.41) is 0.643. The SMILES string of the molecule is Cc1ccc(S(=O)(=O)n2c(-c3ccccc3)cc(=O)c3ccc(Cl)cc32)cc1. The summed E-state index contributed by atoms with van der Waals surface area (Å²) in [5.41, 5.74) is 1.86. The first-order chi connectivity index (χ1) is 13.4. The van der Waals surface area contributed by atoms with Gasteiger partial charge in [-0.15, -0.1) is 0 Å². The summed E-state index contributed by atoms with van der Waals surface area (Å²) in [6.45, 7) is 1.89. The number of hydrogen-bond acceptors (Lipinski definition) is 3. The quantitative estimate of drug-likeness (QED) is 0.485. The fourth-order valence-corrected chi connectivity index (χ4v) is 4.84. The summed E-state index contributed by atoms with van der Waals surface area (Å²) in [4.78, 5) is 12.8. The molecule has 140 valence electrons. The van der Waals surface area contributed by atoms with Gasteiger partial charge < -0.3 is 0 Å². The first-order valence-electron chi connectivity index (χ1n) is 8.61. The van der Waals surface area contributed by atoms with E-state index in [-0.39, 0.29) is 15.8 Å². The molecule has 1 heterocycles. The number of halogens is 1. The van der Waals surface area contributed by atoms with Crippen LogP contribution >= 0.6 is 11.6 Å². The molecule has 1 aromatic heterocycles. The zero-order chi connectivity index (χ0) is 19.9. The van der Waals surface area contributed by atoms with Gasteiger partial charge in [0.15, 0.2) is 5.43 Å². The summed E-state index contributed by atoms with van der Waals surface area (Å²) in [7, 11) is -3.98. The molecule has 0 fully saturated rings. The largest absolute Gasteiger partial charge is 0.289 e. The van der Waals surface area contributed by atoms with Gasteiger partial charge in [-0.3, -0.25) is 4.79 Å². The molecule has 0 saturated carbocycles. The molecule has 0 aliphatic heterocycles. The van der Waals surface area contributed by atoms with Crippen molar-refractivity contribution < 1.29 is 8.42 Å². The van der Waals surface area contributed by atoms with Gasteiger partial charge in [-0.05, 0) is 42.8 Å². The van der Waals surface area contributed by atoms with Gasteiger partial charge in [0.25, 0.3) is 10.0 Å². The zero-order valence-electron chi connectivity index (χ0n) is 15.0. The number of nitrogens with zero attached hydrogens (tertiary/aromatic N) is 1. The van der Waals surface area contributed by atoms with E-state index in [0.29, 0.717) is 21.7 Å².